The summed E-state index contributed by atoms with van der Waals surface area (Å²) in [6.45, 7) is 5.57. The predicted octanol–water partition coefficient (Wildman–Crippen LogP) is 1.78. The summed E-state index contributed by atoms with van der Waals surface area (Å²) in [7, 11) is -3.02. The lowest BCUT2D eigenvalue weighted by atomic mass is 10.1. The third-order valence-electron chi connectivity index (χ3n) is 1.29. The molecule has 0 unspecified atom stereocenters. The quantitative estimate of drug-likeness (QED) is 0.592. The fourth-order valence-electron chi connectivity index (χ4n) is 0.921. The summed E-state index contributed by atoms with van der Waals surface area (Å²) in [5, 5.41) is 2.49. The van der Waals surface area contributed by atoms with Gasteiger partial charge >= 0.3 is 0 Å². The van der Waals surface area contributed by atoms with Crippen molar-refractivity contribution in [2.24, 2.45) is 0 Å². The highest BCUT2D eigenvalue weighted by molar-refractivity contribution is 7.97. The smallest absolute Gasteiger partial charge is 0.193 e. The molecule has 0 bridgehead atoms. The lowest BCUT2D eigenvalue weighted by molar-refractivity contribution is 0.613. The van der Waals surface area contributed by atoms with Crippen molar-refractivity contribution >= 4 is 9.84 Å². The zero-order chi connectivity index (χ0) is 8.48. The SMILES string of the molecule is C=C(C)CC1=CS(=O)(=O)C=C1. The van der Waals surface area contributed by atoms with Crippen LogP contribution in [0.1, 0.15) is 13.3 Å². The Morgan fingerprint density at radius 2 is 2.27 bits per heavy atom. The van der Waals surface area contributed by atoms with E-state index in [0.29, 0.717) is 6.42 Å². The van der Waals surface area contributed by atoms with Gasteiger partial charge in [0.05, 0.1) is 0 Å². The van der Waals surface area contributed by atoms with Crippen molar-refractivity contribution in [3.05, 3.63) is 34.6 Å². The van der Waals surface area contributed by atoms with Crippen molar-refractivity contribution in [1.29, 1.82) is 0 Å². The fourth-order valence-corrected chi connectivity index (χ4v) is 1.95. The maximum atomic E-state index is 10.8. The van der Waals surface area contributed by atoms with Gasteiger partial charge in [0.15, 0.2) is 9.84 Å². The van der Waals surface area contributed by atoms with Crippen molar-refractivity contribution in [3.8, 4) is 0 Å². The summed E-state index contributed by atoms with van der Waals surface area (Å²) < 4.78 is 21.7. The normalized spacial score (nSPS) is 19.9. The molecule has 0 atom stereocenters. The number of allylic oxidation sites excluding steroid dienone is 3. The van der Waals surface area contributed by atoms with Gasteiger partial charge in [0, 0.05) is 10.8 Å². The summed E-state index contributed by atoms with van der Waals surface area (Å²) in [6.07, 6.45) is 2.26. The van der Waals surface area contributed by atoms with Gasteiger partial charge in [-0.2, -0.15) is 0 Å². The lowest BCUT2D eigenvalue weighted by Gasteiger charge is -1.94. The third kappa shape index (κ3) is 2.35. The molecule has 0 aromatic heterocycles. The molecule has 0 aliphatic carbocycles. The molecule has 0 saturated carbocycles. The van der Waals surface area contributed by atoms with Crippen molar-refractivity contribution < 1.29 is 8.42 Å². The minimum absolute atomic E-state index is 0.649. The van der Waals surface area contributed by atoms with Crippen LogP contribution in [0.3, 0.4) is 0 Å². The number of hydrogen-bond donors (Lipinski definition) is 0. The first-order valence-corrected chi connectivity index (χ1v) is 4.89. The van der Waals surface area contributed by atoms with Gasteiger partial charge in [-0.1, -0.05) is 12.2 Å². The van der Waals surface area contributed by atoms with Crippen molar-refractivity contribution in [3.63, 3.8) is 0 Å². The van der Waals surface area contributed by atoms with E-state index in [1.165, 1.54) is 10.8 Å². The van der Waals surface area contributed by atoms with Crippen LogP contribution in [0.5, 0.6) is 0 Å². The van der Waals surface area contributed by atoms with Gasteiger partial charge < -0.3 is 0 Å². The van der Waals surface area contributed by atoms with Gasteiger partial charge in [-0.25, -0.2) is 8.42 Å². The first-order valence-electron chi connectivity index (χ1n) is 3.28. The van der Waals surface area contributed by atoms with E-state index < -0.39 is 9.84 Å². The standard InChI is InChI=1S/C8H10O2S/c1-7(2)5-8-3-4-11(9,10)6-8/h3-4,6H,1,5H2,2H3. The third-order valence-corrected chi connectivity index (χ3v) is 2.44. The fraction of sp³-hybridized carbons (Fsp3) is 0.250. The number of sulfone groups is 1. The summed E-state index contributed by atoms with van der Waals surface area (Å²) in [5.41, 5.74) is 1.79. The highest BCUT2D eigenvalue weighted by atomic mass is 32.2. The van der Waals surface area contributed by atoms with Crippen molar-refractivity contribution in [2.75, 3.05) is 0 Å². The van der Waals surface area contributed by atoms with Crippen LogP contribution in [0.25, 0.3) is 0 Å². The molecule has 0 aromatic rings. The predicted molar refractivity (Wildman–Crippen MR) is 45.6 cm³/mol. The minimum atomic E-state index is -3.02. The number of rotatable bonds is 2. The zero-order valence-electron chi connectivity index (χ0n) is 6.37. The van der Waals surface area contributed by atoms with E-state index >= 15 is 0 Å². The van der Waals surface area contributed by atoms with Gasteiger partial charge in [-0.15, -0.1) is 0 Å². The van der Waals surface area contributed by atoms with Gasteiger partial charge in [0.2, 0.25) is 0 Å². The summed E-state index contributed by atoms with van der Waals surface area (Å²) >= 11 is 0. The molecule has 0 spiro atoms. The van der Waals surface area contributed by atoms with Gasteiger partial charge in [-0.05, 0) is 25.0 Å². The Morgan fingerprint density at radius 3 is 2.64 bits per heavy atom. The zero-order valence-corrected chi connectivity index (χ0v) is 7.19. The molecule has 0 fully saturated rings. The van der Waals surface area contributed by atoms with Crippen LogP contribution in [0.4, 0.5) is 0 Å². The Bertz CT molecular complexity index is 331. The Morgan fingerprint density at radius 1 is 1.64 bits per heavy atom. The second kappa shape index (κ2) is 2.66. The molecule has 0 radical (unpaired) electrons. The van der Waals surface area contributed by atoms with Gasteiger partial charge in [0.1, 0.15) is 0 Å². The summed E-state index contributed by atoms with van der Waals surface area (Å²) in [4.78, 5) is 0. The van der Waals surface area contributed by atoms with E-state index in [1.54, 1.807) is 6.08 Å². The molecule has 1 aliphatic heterocycles. The van der Waals surface area contributed by atoms with Crippen LogP contribution < -0.4 is 0 Å². The molecule has 2 nitrogen and oxygen atoms in total. The summed E-state index contributed by atoms with van der Waals surface area (Å²) in [6, 6.07) is 0. The molecular formula is C8H10O2S. The van der Waals surface area contributed by atoms with Crippen LogP contribution in [0, 0.1) is 0 Å². The average Bonchev–Trinajstić information content (AvgIpc) is 2.08. The number of hydrogen-bond acceptors (Lipinski definition) is 2. The second-order valence-electron chi connectivity index (χ2n) is 2.72. The van der Waals surface area contributed by atoms with E-state index in [2.05, 4.69) is 6.58 Å². The molecule has 3 heteroatoms. The Kier molecular flexibility index (Phi) is 2.00. The molecule has 0 aromatic carbocycles. The molecular weight excluding hydrogens is 160 g/mol. The average molecular weight is 170 g/mol. The molecule has 0 amide bonds. The van der Waals surface area contributed by atoms with Crippen LogP contribution >= 0.6 is 0 Å². The highest BCUT2D eigenvalue weighted by Gasteiger charge is 2.10. The van der Waals surface area contributed by atoms with Crippen LogP contribution in [0.2, 0.25) is 0 Å². The Balaban J connectivity index is 2.81. The molecule has 1 rings (SSSR count). The Labute approximate surface area is 66.8 Å². The van der Waals surface area contributed by atoms with Crippen LogP contribution in [-0.2, 0) is 9.84 Å². The maximum absolute atomic E-state index is 10.8. The van der Waals surface area contributed by atoms with Gasteiger partial charge in [-0.3, -0.25) is 0 Å². The maximum Gasteiger partial charge on any atom is 0.193 e. The Hall–Kier alpha value is -0.830. The molecule has 0 N–H and O–H groups in total. The van der Waals surface area contributed by atoms with Crippen molar-refractivity contribution in [2.45, 2.75) is 13.3 Å². The lowest BCUT2D eigenvalue weighted by Crippen LogP contribution is -1.83. The molecule has 1 heterocycles. The van der Waals surface area contributed by atoms with E-state index in [1.807, 2.05) is 6.92 Å². The first kappa shape index (κ1) is 8.27. The largest absolute Gasteiger partial charge is 0.220 e. The van der Waals surface area contributed by atoms with Gasteiger partial charge in [0.25, 0.3) is 0 Å². The van der Waals surface area contributed by atoms with E-state index in [-0.39, 0.29) is 0 Å². The first-order chi connectivity index (χ1) is 4.99. The molecule has 1 aliphatic rings. The van der Waals surface area contributed by atoms with Crippen LogP contribution in [0.15, 0.2) is 34.6 Å². The summed E-state index contributed by atoms with van der Waals surface area (Å²) in [5.74, 6) is 0. The minimum Gasteiger partial charge on any atom is -0.220 e. The van der Waals surface area contributed by atoms with E-state index in [0.717, 1.165) is 11.1 Å². The van der Waals surface area contributed by atoms with E-state index in [9.17, 15) is 8.42 Å². The molecule has 60 valence electrons. The van der Waals surface area contributed by atoms with E-state index in [4.69, 9.17) is 0 Å². The monoisotopic (exact) mass is 170 g/mol. The van der Waals surface area contributed by atoms with Crippen LogP contribution in [-0.4, -0.2) is 8.42 Å². The van der Waals surface area contributed by atoms with Crippen molar-refractivity contribution in [1.82, 2.24) is 0 Å². The topological polar surface area (TPSA) is 34.1 Å². The second-order valence-corrected chi connectivity index (χ2v) is 4.40. The highest BCUT2D eigenvalue weighted by Crippen LogP contribution is 2.18. The molecule has 0 saturated heterocycles. The molecule has 11 heavy (non-hydrogen) atoms.